The zero-order valence-electron chi connectivity index (χ0n) is 21.9. The van der Waals surface area contributed by atoms with Crippen LogP contribution >= 0.6 is 12.6 Å². The summed E-state index contributed by atoms with van der Waals surface area (Å²) in [6, 6.07) is 17.2. The van der Waals surface area contributed by atoms with Crippen LogP contribution < -0.4 is 10.7 Å². The van der Waals surface area contributed by atoms with Crippen LogP contribution in [0, 0.1) is 11.8 Å². The minimum absolute atomic E-state index is 0.327. The summed E-state index contributed by atoms with van der Waals surface area (Å²) in [6.07, 6.45) is 10.5. The maximum Gasteiger partial charge on any atom is 0.273 e. The number of fused-ring (bicyclic) bond motifs is 2. The minimum Gasteiger partial charge on any atom is -0.327 e. The molecule has 198 valence electrons. The number of aryl methyl sites for hydroxylation is 1. The highest BCUT2D eigenvalue weighted by molar-refractivity contribution is 7.80. The van der Waals surface area contributed by atoms with E-state index in [0.717, 1.165) is 33.6 Å². The van der Waals surface area contributed by atoms with E-state index >= 15 is 0 Å². The van der Waals surface area contributed by atoms with E-state index in [1.165, 1.54) is 11.2 Å². The highest BCUT2D eigenvalue weighted by Crippen LogP contribution is 2.43. The molecule has 4 heterocycles. The third-order valence-electron chi connectivity index (χ3n) is 6.89. The number of hydrogen-bond donors (Lipinski definition) is 2. The van der Waals surface area contributed by atoms with E-state index in [1.54, 1.807) is 33.9 Å². The second-order valence-electron chi connectivity index (χ2n) is 9.44. The van der Waals surface area contributed by atoms with E-state index in [9.17, 15) is 4.79 Å². The number of nitrogens with two attached hydrogens (primary N) is 1. The van der Waals surface area contributed by atoms with Gasteiger partial charge < -0.3 is 4.90 Å². The standard InChI is InChI=1S/C30H26N8OS/c1-20(38(31)29(39)25-18-34-36-15-7-14-32-28(25)36)26-16-23-9-6-8-22(13-12-21-17-33-35(2)19-21)27(23)30(40)37(26)24-10-4-3-5-11-24/h3-11,14-20,30,40H,31H2,1-2H3/t20-,30-/m1/s1. The molecule has 10 heteroatoms. The number of rotatable bonds is 4. The Kier molecular flexibility index (Phi) is 6.59. The Hall–Kier alpha value is -4.85. The lowest BCUT2D eigenvalue weighted by molar-refractivity contribution is 0.0717. The molecule has 0 fully saturated rings. The van der Waals surface area contributed by atoms with Gasteiger partial charge in [-0.2, -0.15) is 10.2 Å². The summed E-state index contributed by atoms with van der Waals surface area (Å²) in [5.41, 5.74) is 6.14. The first-order chi connectivity index (χ1) is 19.4. The quantitative estimate of drug-likeness (QED) is 0.116. The molecule has 2 N–H and O–H groups in total. The molecule has 9 nitrogen and oxygen atoms in total. The first-order valence-corrected chi connectivity index (χ1v) is 13.2. The number of anilines is 1. The number of para-hydroxylation sites is 1. The molecule has 2 aromatic carbocycles. The molecule has 5 aromatic rings. The van der Waals surface area contributed by atoms with Gasteiger partial charge in [-0.25, -0.2) is 15.3 Å². The fourth-order valence-corrected chi connectivity index (χ4v) is 5.42. The van der Waals surface area contributed by atoms with Crippen molar-refractivity contribution < 1.29 is 4.79 Å². The Morgan fingerprint density at radius 1 is 1.07 bits per heavy atom. The Bertz CT molecular complexity index is 1810. The summed E-state index contributed by atoms with van der Waals surface area (Å²) in [4.78, 5) is 20.0. The molecule has 0 radical (unpaired) electrons. The highest BCUT2D eigenvalue weighted by Gasteiger charge is 2.35. The molecule has 6 rings (SSSR count). The summed E-state index contributed by atoms with van der Waals surface area (Å²) >= 11 is 5.12. The largest absolute Gasteiger partial charge is 0.327 e. The second-order valence-corrected chi connectivity index (χ2v) is 9.93. The van der Waals surface area contributed by atoms with Crippen molar-refractivity contribution in [3.05, 3.63) is 119 Å². The van der Waals surface area contributed by atoms with Gasteiger partial charge in [0.2, 0.25) is 0 Å². The summed E-state index contributed by atoms with van der Waals surface area (Å²) in [6.45, 7) is 1.90. The van der Waals surface area contributed by atoms with E-state index in [2.05, 4.69) is 38.0 Å². The van der Waals surface area contributed by atoms with Gasteiger partial charge >= 0.3 is 0 Å². The fraction of sp³-hybridized carbons (Fsp3) is 0.133. The van der Waals surface area contributed by atoms with Gasteiger partial charge in [0.1, 0.15) is 10.9 Å². The number of thiol groups is 1. The average Bonchev–Trinajstić information content (AvgIpc) is 3.61. The van der Waals surface area contributed by atoms with Gasteiger partial charge in [0.05, 0.1) is 24.0 Å². The van der Waals surface area contributed by atoms with Gasteiger partial charge in [-0.05, 0) is 42.8 Å². The van der Waals surface area contributed by atoms with E-state index < -0.39 is 6.04 Å². The number of benzene rings is 2. The molecule has 0 aliphatic carbocycles. The molecule has 0 unspecified atom stereocenters. The van der Waals surface area contributed by atoms with Crippen LogP contribution in [-0.2, 0) is 7.05 Å². The molecule has 2 atom stereocenters. The van der Waals surface area contributed by atoms with Gasteiger partial charge in [0, 0.05) is 48.1 Å². The normalized spacial score (nSPS) is 15.2. The van der Waals surface area contributed by atoms with Gasteiger partial charge in [0.15, 0.2) is 5.65 Å². The predicted molar refractivity (Wildman–Crippen MR) is 157 cm³/mol. The molecule has 0 spiro atoms. The van der Waals surface area contributed by atoms with Crippen LogP contribution in [-0.4, -0.2) is 41.3 Å². The molecule has 1 aliphatic heterocycles. The van der Waals surface area contributed by atoms with Crippen molar-refractivity contribution in [1.29, 1.82) is 0 Å². The van der Waals surface area contributed by atoms with Crippen molar-refractivity contribution in [1.82, 2.24) is 29.4 Å². The smallest absolute Gasteiger partial charge is 0.273 e. The van der Waals surface area contributed by atoms with Crippen molar-refractivity contribution in [2.24, 2.45) is 12.9 Å². The van der Waals surface area contributed by atoms with E-state index in [4.69, 9.17) is 18.5 Å². The van der Waals surface area contributed by atoms with Crippen molar-refractivity contribution in [3.63, 3.8) is 0 Å². The lowest BCUT2D eigenvalue weighted by atomic mass is 9.93. The third-order valence-corrected chi connectivity index (χ3v) is 7.38. The maximum absolute atomic E-state index is 13.6. The SMILES string of the molecule is C[C@H](C1=Cc2cccc(C#Cc3cnn(C)c3)c2[C@@H](S)N1c1ccccc1)N(N)C(=O)c1cnn2cccnc12. The topological polar surface area (TPSA) is 97.6 Å². The average molecular weight is 547 g/mol. The number of hydrazine groups is 1. The van der Waals surface area contributed by atoms with Crippen molar-refractivity contribution in [2.75, 3.05) is 4.90 Å². The van der Waals surface area contributed by atoms with Gasteiger partial charge in [-0.15, -0.1) is 12.6 Å². The van der Waals surface area contributed by atoms with Crippen LogP contribution in [0.2, 0.25) is 0 Å². The molecule has 1 amide bonds. The number of carbonyl (C=O) groups excluding carboxylic acids is 1. The zero-order valence-corrected chi connectivity index (χ0v) is 22.8. The molecule has 0 saturated carbocycles. The van der Waals surface area contributed by atoms with Crippen LogP contribution in [0.4, 0.5) is 5.69 Å². The molecule has 1 aliphatic rings. The van der Waals surface area contributed by atoms with Crippen molar-refractivity contribution in [3.8, 4) is 11.8 Å². The predicted octanol–water partition coefficient (Wildman–Crippen LogP) is 4.06. The van der Waals surface area contributed by atoms with Crippen LogP contribution in [0.3, 0.4) is 0 Å². The van der Waals surface area contributed by atoms with Gasteiger partial charge in [-0.1, -0.05) is 42.2 Å². The Morgan fingerprint density at radius 2 is 1.90 bits per heavy atom. The van der Waals surface area contributed by atoms with E-state index in [0.29, 0.717) is 11.2 Å². The maximum atomic E-state index is 13.6. The fourth-order valence-electron chi connectivity index (χ4n) is 4.87. The first-order valence-electron chi connectivity index (χ1n) is 12.7. The van der Waals surface area contributed by atoms with Gasteiger partial charge in [-0.3, -0.25) is 14.5 Å². The third kappa shape index (κ3) is 4.51. The first kappa shape index (κ1) is 25.4. The Morgan fingerprint density at radius 3 is 2.67 bits per heavy atom. The second kappa shape index (κ2) is 10.4. The van der Waals surface area contributed by atoms with Crippen LogP contribution in [0.15, 0.2) is 91.3 Å². The zero-order chi connectivity index (χ0) is 27.8. The van der Waals surface area contributed by atoms with E-state index in [-0.39, 0.29) is 11.3 Å². The summed E-state index contributed by atoms with van der Waals surface area (Å²) in [5, 5.41) is 9.29. The van der Waals surface area contributed by atoms with Gasteiger partial charge in [0.25, 0.3) is 5.91 Å². The summed E-state index contributed by atoms with van der Waals surface area (Å²) < 4.78 is 3.28. The summed E-state index contributed by atoms with van der Waals surface area (Å²) in [7, 11) is 1.86. The molecule has 0 saturated heterocycles. The van der Waals surface area contributed by atoms with Crippen LogP contribution in [0.5, 0.6) is 0 Å². The molecule has 3 aromatic heterocycles. The minimum atomic E-state index is -0.515. The lowest BCUT2D eigenvalue weighted by Crippen LogP contribution is -2.49. The molecular formula is C30H26N8OS. The summed E-state index contributed by atoms with van der Waals surface area (Å²) in [5.74, 6) is 12.7. The highest BCUT2D eigenvalue weighted by atomic mass is 32.1. The monoisotopic (exact) mass is 546 g/mol. The Balaban J connectivity index is 1.43. The number of amides is 1. The number of aromatic nitrogens is 5. The van der Waals surface area contributed by atoms with Crippen molar-refractivity contribution >= 4 is 35.9 Å². The number of hydrogen-bond acceptors (Lipinski definition) is 7. The lowest BCUT2D eigenvalue weighted by Gasteiger charge is -2.41. The molecule has 0 bridgehead atoms. The Labute approximate surface area is 236 Å². The number of carbonyl (C=O) groups is 1. The molecular weight excluding hydrogens is 520 g/mol. The van der Waals surface area contributed by atoms with E-state index in [1.807, 2.05) is 68.7 Å². The van der Waals surface area contributed by atoms with Crippen LogP contribution in [0.1, 0.15) is 44.9 Å². The van der Waals surface area contributed by atoms with Crippen molar-refractivity contribution in [2.45, 2.75) is 18.3 Å². The number of nitrogens with zero attached hydrogens (tertiary/aromatic N) is 7. The van der Waals surface area contributed by atoms with Crippen LogP contribution in [0.25, 0.3) is 11.7 Å². The molecule has 40 heavy (non-hydrogen) atoms.